The van der Waals surface area contributed by atoms with Gasteiger partial charge in [0.25, 0.3) is 0 Å². The smallest absolute Gasteiger partial charge is 0.212 e. The van der Waals surface area contributed by atoms with E-state index in [9.17, 15) is 63.9 Å². The lowest BCUT2D eigenvalue weighted by Crippen LogP contribution is -2.62. The molecule has 0 rings (SSSR count). The third-order valence-corrected chi connectivity index (χ3v) is 8.75. The second-order valence-electron chi connectivity index (χ2n) is 6.32. The minimum atomic E-state index is -6.87. The van der Waals surface area contributed by atoms with Crippen LogP contribution in [0.25, 0.3) is 0 Å². The molecule has 22 heteroatoms. The Labute approximate surface area is 194 Å². The van der Waals surface area contributed by atoms with Gasteiger partial charge in [0.15, 0.2) is 0 Å². The van der Waals surface area contributed by atoms with Crippen molar-refractivity contribution in [3.8, 4) is 0 Å². The summed E-state index contributed by atoms with van der Waals surface area (Å²) in [7, 11) is -9.88. The molecule has 0 saturated carbocycles. The summed E-state index contributed by atoms with van der Waals surface area (Å²) in [6, 6.07) is -3.44. The summed E-state index contributed by atoms with van der Waals surface area (Å²) in [4.78, 5) is 62.4. The maximum atomic E-state index is 14.2. The molecule has 194 valence electrons. The van der Waals surface area contributed by atoms with Crippen molar-refractivity contribution < 1.29 is 63.9 Å². The Morgan fingerprint density at radius 1 is 0.444 bits per heavy atom. The van der Waals surface area contributed by atoms with E-state index < -0.39 is 65.7 Å². The highest BCUT2D eigenvalue weighted by Crippen LogP contribution is 2.55. The van der Waals surface area contributed by atoms with Gasteiger partial charge >= 0.3 is 40.8 Å². The standard InChI is InChI=1S/C14H8F8N6O6Si2/c15-11(16,1-3-35(23-5-29,24-6-30)25-7-31)13(19,20)14(21,22)12(17,18)2-4-36(26-8-32,27-9-33)28-10-34/h1-4H2. The first kappa shape index (κ1) is 32.2. The Bertz CT molecular complexity index is 954. The molecule has 0 saturated heterocycles. The number of alkyl halides is 8. The van der Waals surface area contributed by atoms with Gasteiger partial charge in [-0.1, -0.05) is 0 Å². The van der Waals surface area contributed by atoms with E-state index in [1.54, 1.807) is 0 Å². The van der Waals surface area contributed by atoms with Crippen molar-refractivity contribution in [1.29, 1.82) is 0 Å². The number of hydrogen-bond acceptors (Lipinski definition) is 12. The highest BCUT2D eigenvalue weighted by molar-refractivity contribution is 6.77. The minimum Gasteiger partial charge on any atom is -0.212 e. The first-order chi connectivity index (χ1) is 16.5. The van der Waals surface area contributed by atoms with Crippen LogP contribution in [-0.4, -0.2) is 77.3 Å². The molecular formula is C14H8F8N6O6Si2. The number of nitrogens with zero attached hydrogens (tertiary/aromatic N) is 6. The largest absolute Gasteiger partial charge is 0.467 e. The molecule has 0 atom stereocenters. The van der Waals surface area contributed by atoms with E-state index in [1.165, 1.54) is 0 Å². The topological polar surface area (TPSA) is 177 Å². The van der Waals surface area contributed by atoms with Crippen molar-refractivity contribution in [3.63, 3.8) is 0 Å². The molecule has 12 nitrogen and oxygen atoms in total. The van der Waals surface area contributed by atoms with Crippen LogP contribution >= 0.6 is 0 Å². The van der Waals surface area contributed by atoms with Crippen LogP contribution in [0.1, 0.15) is 12.8 Å². The van der Waals surface area contributed by atoms with Crippen LogP contribution in [0.3, 0.4) is 0 Å². The summed E-state index contributed by atoms with van der Waals surface area (Å²) in [5.41, 5.74) is 0. The predicted octanol–water partition coefficient (Wildman–Crippen LogP) is 2.20. The van der Waals surface area contributed by atoms with Gasteiger partial charge in [-0.15, -0.1) is 0 Å². The van der Waals surface area contributed by atoms with Crippen LogP contribution < -0.4 is 0 Å². The van der Waals surface area contributed by atoms with Gasteiger partial charge < -0.3 is 0 Å². The SMILES string of the molecule is O=C=N[Si](CCC(F)(F)C(F)(F)C(F)(F)C(F)(F)CC[Si](N=C=O)(N=C=O)N=C=O)(N=C=O)N=C=O. The van der Waals surface area contributed by atoms with Gasteiger partial charge in [0.2, 0.25) is 36.5 Å². The Balaban J connectivity index is 6.29. The minimum absolute atomic E-state index is 0.656. The summed E-state index contributed by atoms with van der Waals surface area (Å²) < 4.78 is 129. The average Bonchev–Trinajstić information content (AvgIpc) is 2.77. The van der Waals surface area contributed by atoms with Gasteiger partial charge in [0, 0.05) is 24.9 Å². The first-order valence-electron chi connectivity index (χ1n) is 8.58. The molecule has 0 radical (unpaired) electrons. The van der Waals surface area contributed by atoms with E-state index in [2.05, 4.69) is 27.9 Å². The Morgan fingerprint density at radius 2 is 0.639 bits per heavy atom. The molecule has 0 aromatic carbocycles. The molecule has 36 heavy (non-hydrogen) atoms. The molecule has 0 heterocycles. The molecule has 0 aliphatic carbocycles. The molecule has 0 spiro atoms. The van der Waals surface area contributed by atoms with Crippen LogP contribution in [0.4, 0.5) is 35.1 Å². The van der Waals surface area contributed by atoms with Crippen molar-refractivity contribution in [1.82, 2.24) is 0 Å². The monoisotopic (exact) mass is 564 g/mol. The lowest BCUT2D eigenvalue weighted by molar-refractivity contribution is -0.366. The number of halogens is 8. The Morgan fingerprint density at radius 3 is 0.806 bits per heavy atom. The van der Waals surface area contributed by atoms with Crippen LogP contribution in [0.5, 0.6) is 0 Å². The average molecular weight is 564 g/mol. The normalized spacial score (nSPS) is 15.0. The molecule has 0 N–H and O–H groups in total. The molecule has 0 aliphatic heterocycles. The van der Waals surface area contributed by atoms with Crippen molar-refractivity contribution in [3.05, 3.63) is 0 Å². The lowest BCUT2D eigenvalue weighted by Gasteiger charge is -2.37. The Kier molecular flexibility index (Phi) is 10.9. The third kappa shape index (κ3) is 6.85. The number of rotatable bonds is 15. The number of carbonyl (C=O) groups excluding carboxylic acids is 6. The van der Waals surface area contributed by atoms with Gasteiger partial charge in [0.1, 0.15) is 0 Å². The summed E-state index contributed by atoms with van der Waals surface area (Å²) in [6.45, 7) is 0. The maximum absolute atomic E-state index is 14.2. The van der Waals surface area contributed by atoms with E-state index in [1.807, 2.05) is 0 Å². The quantitative estimate of drug-likeness (QED) is 0.127. The second-order valence-corrected chi connectivity index (χ2v) is 11.8. The van der Waals surface area contributed by atoms with Crippen molar-refractivity contribution in [2.45, 2.75) is 48.6 Å². The van der Waals surface area contributed by atoms with Gasteiger partial charge in [-0.05, 0) is 0 Å². The second kappa shape index (κ2) is 12.2. The fraction of sp³-hybridized carbons (Fsp3) is 0.571. The van der Waals surface area contributed by atoms with Crippen LogP contribution in [0.15, 0.2) is 27.9 Å². The van der Waals surface area contributed by atoms with Gasteiger partial charge in [-0.25, -0.2) is 28.8 Å². The van der Waals surface area contributed by atoms with E-state index in [0.717, 1.165) is 0 Å². The predicted molar refractivity (Wildman–Crippen MR) is 98.9 cm³/mol. The van der Waals surface area contributed by atoms with Crippen molar-refractivity contribution in [2.75, 3.05) is 0 Å². The summed E-state index contributed by atoms with van der Waals surface area (Å²) in [5, 5.41) is 0. The molecule has 0 unspecified atom stereocenters. The maximum Gasteiger partial charge on any atom is 0.467 e. The Hall–Kier alpha value is -3.85. The molecular weight excluding hydrogens is 556 g/mol. The zero-order valence-electron chi connectivity index (χ0n) is 17.0. The fourth-order valence-electron chi connectivity index (χ4n) is 2.35. The summed E-state index contributed by atoms with van der Waals surface area (Å²) in [6.07, 6.45) is -1.07. The van der Waals surface area contributed by atoms with E-state index in [-0.39, 0.29) is 0 Å². The number of hydrogen-bond donors (Lipinski definition) is 0. The van der Waals surface area contributed by atoms with Crippen LogP contribution in [-0.2, 0) is 28.8 Å². The van der Waals surface area contributed by atoms with Crippen LogP contribution in [0.2, 0.25) is 12.1 Å². The molecule has 0 fully saturated rings. The summed E-state index contributed by atoms with van der Waals surface area (Å²) in [5.74, 6) is -25.8. The van der Waals surface area contributed by atoms with Crippen molar-refractivity contribution >= 4 is 53.6 Å². The van der Waals surface area contributed by atoms with Crippen LogP contribution in [0, 0.1) is 0 Å². The molecule has 0 aliphatic rings. The van der Waals surface area contributed by atoms with Gasteiger partial charge in [-0.2, -0.15) is 63.1 Å². The van der Waals surface area contributed by atoms with Gasteiger partial charge in [0.05, 0.1) is 0 Å². The lowest BCUT2D eigenvalue weighted by atomic mass is 9.95. The highest BCUT2D eigenvalue weighted by atomic mass is 28.4. The van der Waals surface area contributed by atoms with Crippen molar-refractivity contribution in [2.24, 2.45) is 27.9 Å². The molecule has 0 amide bonds. The zero-order valence-corrected chi connectivity index (χ0v) is 19.0. The highest BCUT2D eigenvalue weighted by Gasteiger charge is 2.80. The fourth-order valence-corrected chi connectivity index (χ4v) is 5.49. The number of isocyanates is 6. The first-order valence-corrected chi connectivity index (χ1v) is 12.7. The van der Waals surface area contributed by atoms with Gasteiger partial charge in [-0.3, -0.25) is 0 Å². The zero-order chi connectivity index (χ0) is 28.3. The van der Waals surface area contributed by atoms with E-state index in [4.69, 9.17) is 0 Å². The third-order valence-electron chi connectivity index (χ3n) is 4.21. The summed E-state index contributed by atoms with van der Waals surface area (Å²) >= 11 is 0. The molecule has 0 aromatic rings. The molecule has 0 aromatic heterocycles. The van der Waals surface area contributed by atoms with E-state index >= 15 is 0 Å². The molecule has 0 bridgehead atoms. The van der Waals surface area contributed by atoms with E-state index in [0.29, 0.717) is 36.5 Å².